The van der Waals surface area contributed by atoms with Crippen LogP contribution in [0, 0.1) is 0 Å². The first-order valence-corrected chi connectivity index (χ1v) is 9.96. The molecule has 1 rings (SSSR count). The third-order valence-corrected chi connectivity index (χ3v) is 4.39. The number of nitrogens with two attached hydrogens (primary N) is 1. The number of piperidine rings is 1. The number of nitrogens with zero attached hydrogens (tertiary/aromatic N) is 2. The lowest BCUT2D eigenvalue weighted by atomic mass is 10.1. The zero-order chi connectivity index (χ0) is 19.4. The molecule has 1 saturated heterocycles. The average Bonchev–Trinajstić information content (AvgIpc) is 2.56. The van der Waals surface area contributed by atoms with Crippen LogP contribution in [0.2, 0.25) is 0 Å². The first kappa shape index (κ1) is 22.9. The van der Waals surface area contributed by atoms with Crippen molar-refractivity contribution in [3.8, 4) is 0 Å². The first-order chi connectivity index (χ1) is 12.3. The Morgan fingerprint density at radius 1 is 1.23 bits per heavy atom. The maximum Gasteiger partial charge on any atom is 0.410 e. The summed E-state index contributed by atoms with van der Waals surface area (Å²) in [7, 11) is 0. The monoisotopic (exact) mass is 369 g/mol. The fourth-order valence-electron chi connectivity index (χ4n) is 2.89. The third-order valence-electron chi connectivity index (χ3n) is 4.39. The van der Waals surface area contributed by atoms with Gasteiger partial charge in [0, 0.05) is 32.3 Å². The first-order valence-electron chi connectivity index (χ1n) is 9.96. The molecule has 0 aliphatic carbocycles. The molecule has 0 radical (unpaired) electrons. The minimum Gasteiger partial charge on any atom is -0.444 e. The molecule has 26 heavy (non-hydrogen) atoms. The summed E-state index contributed by atoms with van der Waals surface area (Å²) in [5.41, 5.74) is 5.45. The summed E-state index contributed by atoms with van der Waals surface area (Å²) in [6.07, 6.45) is 6.58. The van der Waals surface area contributed by atoms with Gasteiger partial charge in [0.1, 0.15) is 5.60 Å². The quantitative estimate of drug-likeness (QED) is 0.448. The molecule has 2 N–H and O–H groups in total. The molecule has 6 heteroatoms. The van der Waals surface area contributed by atoms with Gasteiger partial charge in [-0.05, 0) is 66.0 Å². The number of carbonyl (C=O) groups excluding carboxylic acids is 1. The number of allylic oxidation sites excluding steroid dienone is 1. The maximum absolute atomic E-state index is 12.3. The van der Waals surface area contributed by atoms with Gasteiger partial charge in [-0.1, -0.05) is 6.08 Å². The highest BCUT2D eigenvalue weighted by Gasteiger charge is 2.21. The van der Waals surface area contributed by atoms with Gasteiger partial charge in [0.05, 0.1) is 6.61 Å². The highest BCUT2D eigenvalue weighted by atomic mass is 16.6. The maximum atomic E-state index is 12.3. The second-order valence-corrected chi connectivity index (χ2v) is 8.04. The second kappa shape index (κ2) is 12.3. The summed E-state index contributed by atoms with van der Waals surface area (Å²) in [4.78, 5) is 16.5. The third kappa shape index (κ3) is 10.8. The predicted molar refractivity (Wildman–Crippen MR) is 106 cm³/mol. The van der Waals surface area contributed by atoms with Gasteiger partial charge in [-0.3, -0.25) is 0 Å². The number of hydrogen-bond donors (Lipinski definition) is 1. The molecule has 0 unspecified atom stereocenters. The highest BCUT2D eigenvalue weighted by Crippen LogP contribution is 2.11. The Bertz CT molecular complexity index is 402. The van der Waals surface area contributed by atoms with E-state index < -0.39 is 5.60 Å². The molecule has 1 amide bonds. The van der Waals surface area contributed by atoms with Crippen LogP contribution < -0.4 is 5.73 Å². The van der Waals surface area contributed by atoms with Gasteiger partial charge in [0.25, 0.3) is 0 Å². The standard InChI is InChI=1S/C20H39N3O3/c1-5-6-7-12-23(19(24)26-20(2,3)4)15-17-25-16-8-11-22-13-9-18(21)10-14-22/h5,18H,1,6-17,21H2,2-4H3. The number of carbonyl (C=O) groups is 1. The van der Waals surface area contributed by atoms with E-state index in [0.29, 0.717) is 25.7 Å². The highest BCUT2D eigenvalue weighted by molar-refractivity contribution is 5.68. The van der Waals surface area contributed by atoms with E-state index in [2.05, 4.69) is 11.5 Å². The summed E-state index contributed by atoms with van der Waals surface area (Å²) >= 11 is 0. The molecule has 1 aliphatic heterocycles. The van der Waals surface area contributed by atoms with Crippen LogP contribution in [0.5, 0.6) is 0 Å². The van der Waals surface area contributed by atoms with Crippen LogP contribution in [-0.4, -0.2) is 73.5 Å². The van der Waals surface area contributed by atoms with E-state index in [-0.39, 0.29) is 6.09 Å². The van der Waals surface area contributed by atoms with E-state index in [9.17, 15) is 4.79 Å². The Morgan fingerprint density at radius 3 is 2.54 bits per heavy atom. The van der Waals surface area contributed by atoms with E-state index in [0.717, 1.165) is 58.3 Å². The average molecular weight is 370 g/mol. The molecular weight excluding hydrogens is 330 g/mol. The summed E-state index contributed by atoms with van der Waals surface area (Å²) in [6.45, 7) is 15.1. The number of rotatable bonds is 11. The van der Waals surface area contributed by atoms with Crippen molar-refractivity contribution in [2.75, 3.05) is 45.9 Å². The van der Waals surface area contributed by atoms with E-state index >= 15 is 0 Å². The Morgan fingerprint density at radius 2 is 1.92 bits per heavy atom. The molecular formula is C20H39N3O3. The van der Waals surface area contributed by atoms with Crippen molar-refractivity contribution in [1.82, 2.24) is 9.80 Å². The van der Waals surface area contributed by atoms with Crippen molar-refractivity contribution < 1.29 is 14.3 Å². The molecule has 1 fully saturated rings. The number of likely N-dealkylation sites (tertiary alicyclic amines) is 1. The number of unbranched alkanes of at least 4 members (excludes halogenated alkanes) is 1. The topological polar surface area (TPSA) is 68.0 Å². The molecule has 0 aromatic carbocycles. The predicted octanol–water partition coefficient (Wildman–Crippen LogP) is 3.02. The SMILES string of the molecule is C=CCCCN(CCOCCCN1CCC(N)CC1)C(=O)OC(C)(C)C. The Hall–Kier alpha value is -1.11. The lowest BCUT2D eigenvalue weighted by Crippen LogP contribution is -2.40. The minimum absolute atomic E-state index is 0.269. The lowest BCUT2D eigenvalue weighted by molar-refractivity contribution is 0.0168. The molecule has 0 spiro atoms. The van der Waals surface area contributed by atoms with E-state index in [4.69, 9.17) is 15.2 Å². The van der Waals surface area contributed by atoms with Crippen LogP contribution in [0.4, 0.5) is 4.79 Å². The van der Waals surface area contributed by atoms with E-state index in [1.807, 2.05) is 26.8 Å². The van der Waals surface area contributed by atoms with Crippen molar-refractivity contribution in [3.05, 3.63) is 12.7 Å². The Labute approximate surface area is 159 Å². The van der Waals surface area contributed by atoms with Crippen molar-refractivity contribution in [2.45, 2.75) is 64.5 Å². The van der Waals surface area contributed by atoms with Crippen LogP contribution in [-0.2, 0) is 9.47 Å². The Balaban J connectivity index is 2.21. The number of amides is 1. The Kier molecular flexibility index (Phi) is 10.9. The zero-order valence-corrected chi connectivity index (χ0v) is 17.0. The normalized spacial score (nSPS) is 16.5. The summed E-state index contributed by atoms with van der Waals surface area (Å²) < 4.78 is 11.2. The van der Waals surface area contributed by atoms with Gasteiger partial charge < -0.3 is 25.0 Å². The van der Waals surface area contributed by atoms with Gasteiger partial charge in [0.15, 0.2) is 0 Å². The van der Waals surface area contributed by atoms with E-state index in [1.54, 1.807) is 4.90 Å². The van der Waals surface area contributed by atoms with Gasteiger partial charge in [-0.15, -0.1) is 6.58 Å². The van der Waals surface area contributed by atoms with Crippen molar-refractivity contribution in [3.63, 3.8) is 0 Å². The van der Waals surface area contributed by atoms with Gasteiger partial charge >= 0.3 is 6.09 Å². The molecule has 1 heterocycles. The van der Waals surface area contributed by atoms with Crippen LogP contribution in [0.25, 0.3) is 0 Å². The molecule has 1 aliphatic rings. The summed E-state index contributed by atoms with van der Waals surface area (Å²) in [5.74, 6) is 0. The largest absolute Gasteiger partial charge is 0.444 e. The van der Waals surface area contributed by atoms with Crippen molar-refractivity contribution in [2.24, 2.45) is 5.73 Å². The fraction of sp³-hybridized carbons (Fsp3) is 0.850. The smallest absolute Gasteiger partial charge is 0.410 e. The number of ether oxygens (including phenoxy) is 2. The summed E-state index contributed by atoms with van der Waals surface area (Å²) in [6, 6.07) is 0.377. The summed E-state index contributed by atoms with van der Waals surface area (Å²) in [5, 5.41) is 0. The fourth-order valence-corrected chi connectivity index (χ4v) is 2.89. The second-order valence-electron chi connectivity index (χ2n) is 8.04. The van der Waals surface area contributed by atoms with Crippen LogP contribution in [0.1, 0.15) is 52.9 Å². The zero-order valence-electron chi connectivity index (χ0n) is 17.0. The number of hydrogen-bond acceptors (Lipinski definition) is 5. The lowest BCUT2D eigenvalue weighted by Gasteiger charge is -2.30. The molecule has 6 nitrogen and oxygen atoms in total. The molecule has 0 aromatic rings. The molecule has 152 valence electrons. The minimum atomic E-state index is -0.481. The van der Waals surface area contributed by atoms with Gasteiger partial charge in [-0.2, -0.15) is 0 Å². The van der Waals surface area contributed by atoms with Crippen LogP contribution in [0.3, 0.4) is 0 Å². The van der Waals surface area contributed by atoms with Gasteiger partial charge in [0.2, 0.25) is 0 Å². The molecule has 0 aromatic heterocycles. The van der Waals surface area contributed by atoms with Crippen LogP contribution in [0.15, 0.2) is 12.7 Å². The molecule has 0 bridgehead atoms. The van der Waals surface area contributed by atoms with Gasteiger partial charge in [-0.25, -0.2) is 4.79 Å². The van der Waals surface area contributed by atoms with Crippen molar-refractivity contribution >= 4 is 6.09 Å². The van der Waals surface area contributed by atoms with Crippen LogP contribution >= 0.6 is 0 Å². The molecule has 0 saturated carbocycles. The van der Waals surface area contributed by atoms with Crippen molar-refractivity contribution in [1.29, 1.82) is 0 Å². The molecule has 0 atom stereocenters. The van der Waals surface area contributed by atoms with E-state index in [1.165, 1.54) is 0 Å².